The molecule has 1 heterocycles. The highest BCUT2D eigenvalue weighted by molar-refractivity contribution is 9.10. The second-order valence-electron chi connectivity index (χ2n) is 5.75. The highest BCUT2D eigenvalue weighted by atomic mass is 79.9. The quantitative estimate of drug-likeness (QED) is 0.444. The summed E-state index contributed by atoms with van der Waals surface area (Å²) in [5.41, 5.74) is 4.46. The number of aromatic nitrogens is 2. The van der Waals surface area contributed by atoms with Crippen molar-refractivity contribution in [2.24, 2.45) is 0 Å². The van der Waals surface area contributed by atoms with Gasteiger partial charge in [0.15, 0.2) is 0 Å². The van der Waals surface area contributed by atoms with E-state index in [4.69, 9.17) is 4.42 Å². The van der Waals surface area contributed by atoms with Crippen LogP contribution >= 0.6 is 15.9 Å². The first kappa shape index (κ1) is 15.8. The predicted octanol–water partition coefficient (Wildman–Crippen LogP) is 5.76. The molecule has 3 nitrogen and oxygen atoms in total. The van der Waals surface area contributed by atoms with Gasteiger partial charge in [-0.25, -0.2) is 0 Å². The molecule has 0 saturated heterocycles. The fourth-order valence-corrected chi connectivity index (χ4v) is 3.08. The summed E-state index contributed by atoms with van der Waals surface area (Å²) >= 11 is 3.46. The van der Waals surface area contributed by atoms with Crippen molar-refractivity contribution < 1.29 is 4.42 Å². The Morgan fingerprint density at radius 1 is 0.720 bits per heavy atom. The molecular formula is C21H15BrN2O. The molecule has 0 aliphatic rings. The Hall–Kier alpha value is -2.72. The standard InChI is InChI=1S/C21H15BrN2O/c22-19-8-4-7-18(14-19)21-24-23-20(25-21)13-15-9-11-17(12-10-15)16-5-2-1-3-6-16/h1-12,14H,13H2. The molecule has 0 amide bonds. The van der Waals surface area contributed by atoms with E-state index in [-0.39, 0.29) is 0 Å². The van der Waals surface area contributed by atoms with Crippen molar-refractivity contribution in [2.75, 3.05) is 0 Å². The number of hydrogen-bond acceptors (Lipinski definition) is 3. The minimum atomic E-state index is 0.539. The van der Waals surface area contributed by atoms with Gasteiger partial charge in [-0.15, -0.1) is 10.2 Å². The zero-order chi connectivity index (χ0) is 17.1. The van der Waals surface area contributed by atoms with Gasteiger partial charge in [-0.05, 0) is 34.9 Å². The molecule has 3 aromatic carbocycles. The Balaban J connectivity index is 1.51. The van der Waals surface area contributed by atoms with Crippen molar-refractivity contribution in [1.29, 1.82) is 0 Å². The van der Waals surface area contributed by atoms with Crippen LogP contribution in [0.3, 0.4) is 0 Å². The average Bonchev–Trinajstić information content (AvgIpc) is 3.12. The molecule has 0 radical (unpaired) electrons. The third kappa shape index (κ3) is 3.69. The fraction of sp³-hybridized carbons (Fsp3) is 0.0476. The van der Waals surface area contributed by atoms with Gasteiger partial charge in [-0.3, -0.25) is 0 Å². The summed E-state index contributed by atoms with van der Waals surface area (Å²) in [5.74, 6) is 1.15. The molecule has 0 unspecified atom stereocenters. The zero-order valence-electron chi connectivity index (χ0n) is 13.4. The van der Waals surface area contributed by atoms with Crippen LogP contribution in [0.5, 0.6) is 0 Å². The lowest BCUT2D eigenvalue weighted by molar-refractivity contribution is 0.518. The van der Waals surface area contributed by atoms with Crippen LogP contribution in [-0.4, -0.2) is 10.2 Å². The van der Waals surface area contributed by atoms with Gasteiger partial charge in [-0.1, -0.05) is 76.6 Å². The lowest BCUT2D eigenvalue weighted by Gasteiger charge is -2.03. The van der Waals surface area contributed by atoms with Gasteiger partial charge in [0.1, 0.15) is 0 Å². The number of rotatable bonds is 4. The second kappa shape index (κ2) is 7.03. The molecule has 0 bridgehead atoms. The third-order valence-corrected chi connectivity index (χ3v) is 4.45. The molecule has 122 valence electrons. The monoisotopic (exact) mass is 390 g/mol. The summed E-state index contributed by atoms with van der Waals surface area (Å²) in [7, 11) is 0. The van der Waals surface area contributed by atoms with Gasteiger partial charge in [0.2, 0.25) is 11.8 Å². The van der Waals surface area contributed by atoms with Crippen molar-refractivity contribution >= 4 is 15.9 Å². The Bertz CT molecular complexity index is 978. The predicted molar refractivity (Wildman–Crippen MR) is 102 cm³/mol. The topological polar surface area (TPSA) is 38.9 Å². The summed E-state index contributed by atoms with van der Waals surface area (Å²) < 4.78 is 6.79. The summed E-state index contributed by atoms with van der Waals surface area (Å²) in [6, 6.07) is 26.6. The smallest absolute Gasteiger partial charge is 0.247 e. The maximum Gasteiger partial charge on any atom is 0.247 e. The molecule has 0 atom stereocenters. The first-order valence-corrected chi connectivity index (χ1v) is 8.80. The highest BCUT2D eigenvalue weighted by Crippen LogP contribution is 2.23. The van der Waals surface area contributed by atoms with Crippen molar-refractivity contribution in [3.8, 4) is 22.6 Å². The maximum atomic E-state index is 5.80. The Kier molecular flexibility index (Phi) is 4.44. The Labute approximate surface area is 154 Å². The van der Waals surface area contributed by atoms with Crippen molar-refractivity contribution in [3.05, 3.63) is 94.8 Å². The van der Waals surface area contributed by atoms with E-state index in [1.807, 2.05) is 42.5 Å². The van der Waals surface area contributed by atoms with Gasteiger partial charge in [0.25, 0.3) is 0 Å². The molecule has 0 aliphatic carbocycles. The minimum absolute atomic E-state index is 0.539. The number of nitrogens with zero attached hydrogens (tertiary/aromatic N) is 2. The molecule has 1 aromatic heterocycles. The van der Waals surface area contributed by atoms with Crippen LogP contribution in [0.25, 0.3) is 22.6 Å². The molecular weight excluding hydrogens is 376 g/mol. The average molecular weight is 391 g/mol. The molecule has 4 heteroatoms. The van der Waals surface area contributed by atoms with Crippen LogP contribution in [0, 0.1) is 0 Å². The van der Waals surface area contributed by atoms with E-state index in [0.717, 1.165) is 15.6 Å². The van der Waals surface area contributed by atoms with Crippen molar-refractivity contribution in [1.82, 2.24) is 10.2 Å². The van der Waals surface area contributed by atoms with Gasteiger partial charge < -0.3 is 4.42 Å². The van der Waals surface area contributed by atoms with Crippen LogP contribution < -0.4 is 0 Å². The van der Waals surface area contributed by atoms with Crippen LogP contribution in [0.1, 0.15) is 11.5 Å². The van der Waals surface area contributed by atoms with E-state index in [9.17, 15) is 0 Å². The molecule has 0 saturated carbocycles. The van der Waals surface area contributed by atoms with E-state index in [1.165, 1.54) is 11.1 Å². The van der Waals surface area contributed by atoms with E-state index in [1.54, 1.807) is 0 Å². The second-order valence-corrected chi connectivity index (χ2v) is 6.67. The SMILES string of the molecule is Brc1cccc(-c2nnc(Cc3ccc(-c4ccccc4)cc3)o2)c1. The first-order valence-electron chi connectivity index (χ1n) is 8.00. The van der Waals surface area contributed by atoms with E-state index in [2.05, 4.69) is 62.5 Å². The Morgan fingerprint density at radius 3 is 2.20 bits per heavy atom. The maximum absolute atomic E-state index is 5.80. The van der Waals surface area contributed by atoms with Crippen LogP contribution in [-0.2, 0) is 6.42 Å². The number of hydrogen-bond donors (Lipinski definition) is 0. The van der Waals surface area contributed by atoms with Gasteiger partial charge in [0, 0.05) is 10.0 Å². The molecule has 0 N–H and O–H groups in total. The molecule has 0 fully saturated rings. The van der Waals surface area contributed by atoms with E-state index < -0.39 is 0 Å². The van der Waals surface area contributed by atoms with Crippen LogP contribution in [0.15, 0.2) is 87.8 Å². The molecule has 0 aliphatic heterocycles. The summed E-state index contributed by atoms with van der Waals surface area (Å²) in [5, 5.41) is 8.32. The lowest BCUT2D eigenvalue weighted by atomic mass is 10.0. The first-order chi connectivity index (χ1) is 12.3. The van der Waals surface area contributed by atoms with Gasteiger partial charge >= 0.3 is 0 Å². The fourth-order valence-electron chi connectivity index (χ4n) is 2.68. The lowest BCUT2D eigenvalue weighted by Crippen LogP contribution is -1.88. The largest absolute Gasteiger partial charge is 0.420 e. The van der Waals surface area contributed by atoms with E-state index >= 15 is 0 Å². The van der Waals surface area contributed by atoms with Crippen LogP contribution in [0.2, 0.25) is 0 Å². The molecule has 4 aromatic rings. The summed E-state index contributed by atoms with van der Waals surface area (Å²) in [6.45, 7) is 0. The molecule has 4 rings (SSSR count). The summed E-state index contributed by atoms with van der Waals surface area (Å²) in [6.07, 6.45) is 0.621. The molecule has 25 heavy (non-hydrogen) atoms. The van der Waals surface area contributed by atoms with Crippen LogP contribution in [0.4, 0.5) is 0 Å². The number of halogens is 1. The van der Waals surface area contributed by atoms with Gasteiger partial charge in [-0.2, -0.15) is 0 Å². The Morgan fingerprint density at radius 2 is 1.44 bits per heavy atom. The highest BCUT2D eigenvalue weighted by Gasteiger charge is 2.09. The van der Waals surface area contributed by atoms with E-state index in [0.29, 0.717) is 18.2 Å². The van der Waals surface area contributed by atoms with Gasteiger partial charge in [0.05, 0.1) is 6.42 Å². The number of benzene rings is 3. The summed E-state index contributed by atoms with van der Waals surface area (Å²) in [4.78, 5) is 0. The van der Waals surface area contributed by atoms with Crippen molar-refractivity contribution in [3.63, 3.8) is 0 Å². The minimum Gasteiger partial charge on any atom is -0.420 e. The molecule has 0 spiro atoms. The zero-order valence-corrected chi connectivity index (χ0v) is 15.0. The van der Waals surface area contributed by atoms with Crippen molar-refractivity contribution in [2.45, 2.75) is 6.42 Å². The third-order valence-electron chi connectivity index (χ3n) is 3.95. The normalized spacial score (nSPS) is 10.8.